The van der Waals surface area contributed by atoms with Crippen LogP contribution in [0, 0.1) is 6.92 Å². The molecule has 0 aliphatic carbocycles. The molecule has 1 atom stereocenters. The number of nitrogens with one attached hydrogen (secondary N) is 3. The molecule has 1 aliphatic rings. The largest absolute Gasteiger partial charge is 0.367 e. The van der Waals surface area contributed by atoms with Gasteiger partial charge in [0.05, 0.1) is 6.04 Å². The van der Waals surface area contributed by atoms with Gasteiger partial charge >= 0.3 is 6.03 Å². The van der Waals surface area contributed by atoms with Crippen molar-refractivity contribution in [3.63, 3.8) is 0 Å². The maximum atomic E-state index is 12.1. The van der Waals surface area contributed by atoms with E-state index in [-0.39, 0.29) is 11.9 Å². The molecule has 0 spiro atoms. The Bertz CT molecular complexity index is 570. The number of likely N-dealkylation sites (tertiary alicyclic amines) is 1. The first-order chi connectivity index (χ1) is 11.5. The van der Waals surface area contributed by atoms with Crippen LogP contribution in [-0.4, -0.2) is 53.5 Å². The molecular weight excluding hydrogens is 306 g/mol. The van der Waals surface area contributed by atoms with Crippen LogP contribution >= 0.6 is 0 Å². The third-order valence-corrected chi connectivity index (χ3v) is 4.27. The van der Waals surface area contributed by atoms with Crippen LogP contribution < -0.4 is 16.0 Å². The lowest BCUT2D eigenvalue weighted by atomic mass is 10.0. The fourth-order valence-electron chi connectivity index (χ4n) is 2.85. The number of hydrogen-bond acceptors (Lipinski definition) is 5. The van der Waals surface area contributed by atoms with Gasteiger partial charge in [0.15, 0.2) is 0 Å². The summed E-state index contributed by atoms with van der Waals surface area (Å²) in [6, 6.07) is 5.55. The van der Waals surface area contributed by atoms with E-state index in [1.54, 1.807) is 0 Å². The highest BCUT2D eigenvalue weighted by Gasteiger charge is 2.27. The summed E-state index contributed by atoms with van der Waals surface area (Å²) in [5.41, 5.74) is 0.994. The van der Waals surface area contributed by atoms with Crippen LogP contribution in [-0.2, 0) is 4.79 Å². The van der Waals surface area contributed by atoms with Gasteiger partial charge < -0.3 is 10.6 Å². The second-order valence-corrected chi connectivity index (χ2v) is 6.14. The number of aryl methyl sites for hydroxylation is 1. The molecule has 3 amide bonds. The van der Waals surface area contributed by atoms with Gasteiger partial charge in [0.25, 0.3) is 0 Å². The average Bonchev–Trinajstić information content (AvgIpc) is 2.55. The second kappa shape index (κ2) is 8.63. The minimum absolute atomic E-state index is 0.257. The second-order valence-electron chi connectivity index (χ2n) is 6.14. The van der Waals surface area contributed by atoms with Crippen molar-refractivity contribution in [1.82, 2.24) is 20.5 Å². The standard InChI is InChI=1S/C17H27N5O2/c1-4-18-17(24)21-16(23)13(3)22-10-8-14(9-11-22)20-15-7-5-6-12(2)19-15/h5-7,13-14H,4,8-11H2,1-3H3,(H,19,20)(H2,18,21,23,24)/t13-/m1/s1. The molecule has 3 N–H and O–H groups in total. The number of imide groups is 1. The van der Waals surface area contributed by atoms with Crippen LogP contribution in [0.5, 0.6) is 0 Å². The normalized spacial score (nSPS) is 17.1. The van der Waals surface area contributed by atoms with Crippen LogP contribution in [0.1, 0.15) is 32.4 Å². The molecule has 24 heavy (non-hydrogen) atoms. The number of anilines is 1. The van der Waals surface area contributed by atoms with Gasteiger partial charge in [-0.05, 0) is 45.7 Å². The number of aromatic nitrogens is 1. The van der Waals surface area contributed by atoms with Crippen molar-refractivity contribution < 1.29 is 9.59 Å². The van der Waals surface area contributed by atoms with E-state index in [0.717, 1.165) is 37.4 Å². The Balaban J connectivity index is 1.79. The quantitative estimate of drug-likeness (QED) is 0.760. The van der Waals surface area contributed by atoms with Gasteiger partial charge in [-0.1, -0.05) is 6.07 Å². The van der Waals surface area contributed by atoms with E-state index in [4.69, 9.17) is 0 Å². The van der Waals surface area contributed by atoms with E-state index in [2.05, 4.69) is 25.8 Å². The Hall–Kier alpha value is -2.15. The zero-order chi connectivity index (χ0) is 17.5. The van der Waals surface area contributed by atoms with E-state index >= 15 is 0 Å². The number of pyridine rings is 1. The number of rotatable bonds is 5. The Kier molecular flexibility index (Phi) is 6.54. The summed E-state index contributed by atoms with van der Waals surface area (Å²) < 4.78 is 0. The Morgan fingerprint density at radius 3 is 2.67 bits per heavy atom. The van der Waals surface area contributed by atoms with Gasteiger partial charge in [-0.15, -0.1) is 0 Å². The van der Waals surface area contributed by atoms with Crippen molar-refractivity contribution in [3.05, 3.63) is 23.9 Å². The molecule has 1 aromatic rings. The highest BCUT2D eigenvalue weighted by Crippen LogP contribution is 2.17. The number of carbonyl (C=O) groups excluding carboxylic acids is 2. The predicted octanol–water partition coefficient (Wildman–Crippen LogP) is 1.50. The summed E-state index contributed by atoms with van der Waals surface area (Å²) in [5.74, 6) is 0.642. The fraction of sp³-hybridized carbons (Fsp3) is 0.588. The maximum Gasteiger partial charge on any atom is 0.321 e. The highest BCUT2D eigenvalue weighted by molar-refractivity contribution is 5.96. The molecule has 7 nitrogen and oxygen atoms in total. The van der Waals surface area contributed by atoms with E-state index in [0.29, 0.717) is 12.6 Å². The third kappa shape index (κ3) is 5.19. The number of nitrogens with zero attached hydrogens (tertiary/aromatic N) is 2. The lowest BCUT2D eigenvalue weighted by molar-refractivity contribution is -0.125. The maximum absolute atomic E-state index is 12.1. The summed E-state index contributed by atoms with van der Waals surface area (Å²) in [5, 5.41) is 8.40. The number of piperidine rings is 1. The van der Waals surface area contributed by atoms with E-state index in [9.17, 15) is 9.59 Å². The van der Waals surface area contributed by atoms with Crippen molar-refractivity contribution >= 4 is 17.8 Å². The molecule has 1 aliphatic heterocycles. The predicted molar refractivity (Wildman–Crippen MR) is 93.9 cm³/mol. The number of hydrogen-bond donors (Lipinski definition) is 3. The molecule has 7 heteroatoms. The van der Waals surface area contributed by atoms with Gasteiger partial charge in [0, 0.05) is 31.4 Å². The Labute approximate surface area is 143 Å². The van der Waals surface area contributed by atoms with Crippen molar-refractivity contribution in [2.75, 3.05) is 25.0 Å². The minimum atomic E-state index is -0.434. The number of carbonyl (C=O) groups is 2. The Morgan fingerprint density at radius 1 is 1.33 bits per heavy atom. The van der Waals surface area contributed by atoms with Crippen LogP contribution in [0.4, 0.5) is 10.6 Å². The molecular formula is C17H27N5O2. The van der Waals surface area contributed by atoms with E-state index in [1.165, 1.54) is 0 Å². The zero-order valence-electron chi connectivity index (χ0n) is 14.6. The molecule has 2 heterocycles. The first-order valence-electron chi connectivity index (χ1n) is 8.52. The fourth-order valence-corrected chi connectivity index (χ4v) is 2.85. The van der Waals surface area contributed by atoms with E-state index in [1.807, 2.05) is 39.0 Å². The summed E-state index contributed by atoms with van der Waals surface area (Å²) in [6.45, 7) is 7.75. The van der Waals surface area contributed by atoms with Gasteiger partial charge in [-0.25, -0.2) is 9.78 Å². The van der Waals surface area contributed by atoms with Crippen LogP contribution in [0.15, 0.2) is 18.2 Å². The topological polar surface area (TPSA) is 86.4 Å². The van der Waals surface area contributed by atoms with Crippen molar-refractivity contribution in [3.8, 4) is 0 Å². The number of urea groups is 1. The highest BCUT2D eigenvalue weighted by atomic mass is 16.2. The molecule has 0 unspecified atom stereocenters. The first-order valence-corrected chi connectivity index (χ1v) is 8.52. The Morgan fingerprint density at radius 2 is 2.04 bits per heavy atom. The molecule has 0 bridgehead atoms. The van der Waals surface area contributed by atoms with Gasteiger partial charge in [-0.2, -0.15) is 0 Å². The SMILES string of the molecule is CCNC(=O)NC(=O)[C@@H](C)N1CCC(Nc2cccc(C)n2)CC1. The van der Waals surface area contributed by atoms with Gasteiger partial charge in [0.1, 0.15) is 5.82 Å². The van der Waals surface area contributed by atoms with Crippen molar-refractivity contribution in [2.45, 2.75) is 45.7 Å². The molecule has 0 aromatic carbocycles. The van der Waals surface area contributed by atoms with E-state index < -0.39 is 6.03 Å². The molecule has 1 saturated heterocycles. The molecule has 132 valence electrons. The molecule has 1 aromatic heterocycles. The summed E-state index contributed by atoms with van der Waals surface area (Å²) in [6.07, 6.45) is 1.88. The van der Waals surface area contributed by atoms with Crippen LogP contribution in [0.3, 0.4) is 0 Å². The lowest BCUT2D eigenvalue weighted by Gasteiger charge is -2.35. The molecule has 0 radical (unpaired) electrons. The number of amides is 3. The zero-order valence-corrected chi connectivity index (χ0v) is 14.6. The van der Waals surface area contributed by atoms with Crippen LogP contribution in [0.2, 0.25) is 0 Å². The summed E-state index contributed by atoms with van der Waals surface area (Å²) >= 11 is 0. The lowest BCUT2D eigenvalue weighted by Crippen LogP contribution is -2.52. The summed E-state index contributed by atoms with van der Waals surface area (Å²) in [7, 11) is 0. The molecule has 2 rings (SSSR count). The average molecular weight is 333 g/mol. The van der Waals surface area contributed by atoms with Gasteiger partial charge in [-0.3, -0.25) is 15.0 Å². The smallest absolute Gasteiger partial charge is 0.321 e. The molecule has 1 fully saturated rings. The summed E-state index contributed by atoms with van der Waals surface area (Å²) in [4.78, 5) is 30.1. The van der Waals surface area contributed by atoms with Crippen molar-refractivity contribution in [1.29, 1.82) is 0 Å². The minimum Gasteiger partial charge on any atom is -0.367 e. The third-order valence-electron chi connectivity index (χ3n) is 4.27. The van der Waals surface area contributed by atoms with Crippen LogP contribution in [0.25, 0.3) is 0 Å². The monoisotopic (exact) mass is 333 g/mol. The van der Waals surface area contributed by atoms with Crippen molar-refractivity contribution in [2.24, 2.45) is 0 Å². The molecule has 0 saturated carbocycles. The first kappa shape index (κ1) is 18.2. The van der Waals surface area contributed by atoms with Gasteiger partial charge in [0.2, 0.25) is 5.91 Å².